The van der Waals surface area contributed by atoms with Crippen LogP contribution in [-0.2, 0) is 12.8 Å². The first-order chi connectivity index (χ1) is 9.08. The van der Waals surface area contributed by atoms with Crippen molar-refractivity contribution in [2.45, 2.75) is 39.2 Å². The highest BCUT2D eigenvalue weighted by Gasteiger charge is 2.15. The van der Waals surface area contributed by atoms with Gasteiger partial charge in [0, 0.05) is 6.04 Å². The predicted octanol–water partition coefficient (Wildman–Crippen LogP) is 3.78. The van der Waals surface area contributed by atoms with Crippen molar-refractivity contribution in [2.75, 3.05) is 0 Å². The van der Waals surface area contributed by atoms with E-state index in [0.717, 1.165) is 12.1 Å². The van der Waals surface area contributed by atoms with Gasteiger partial charge in [0.05, 0.1) is 11.9 Å². The molecule has 0 saturated carbocycles. The van der Waals surface area contributed by atoms with Crippen molar-refractivity contribution >= 4 is 12.2 Å². The van der Waals surface area contributed by atoms with Gasteiger partial charge in [-0.15, -0.1) is 0 Å². The molecule has 3 rings (SSSR count). The number of imidazole rings is 1. The molecule has 0 saturated heterocycles. The number of aryl methyl sites for hydroxylation is 2. The Hall–Kier alpha value is -1.55. The Morgan fingerprint density at radius 3 is 2.63 bits per heavy atom. The largest absolute Gasteiger partial charge is 0.493 e. The second-order valence-electron chi connectivity index (χ2n) is 5.41. The number of aromatic nitrogens is 2. The molecule has 1 aromatic carbocycles. The van der Waals surface area contributed by atoms with Crippen LogP contribution in [0.2, 0.25) is 0 Å². The zero-order valence-electron chi connectivity index (χ0n) is 11.3. The van der Waals surface area contributed by atoms with E-state index >= 15 is 0 Å². The molecule has 2 aromatic rings. The summed E-state index contributed by atoms with van der Waals surface area (Å²) in [6.45, 7) is 4.12. The molecular formula is C15H18N2OS. The smallest absolute Gasteiger partial charge is 0.214 e. The van der Waals surface area contributed by atoms with E-state index in [1.807, 2.05) is 10.6 Å². The summed E-state index contributed by atoms with van der Waals surface area (Å²) in [4.78, 5) is 0. The third kappa shape index (κ3) is 2.00. The maximum absolute atomic E-state index is 10.1. The second kappa shape index (κ2) is 4.53. The minimum absolute atomic E-state index is 0.205. The van der Waals surface area contributed by atoms with E-state index < -0.39 is 0 Å². The molecular weight excluding hydrogens is 256 g/mol. The lowest BCUT2D eigenvalue weighted by atomic mass is 10.1. The van der Waals surface area contributed by atoms with Crippen LogP contribution >= 0.6 is 12.2 Å². The van der Waals surface area contributed by atoms with Gasteiger partial charge in [0.15, 0.2) is 4.77 Å². The van der Waals surface area contributed by atoms with Crippen molar-refractivity contribution in [3.63, 3.8) is 0 Å². The van der Waals surface area contributed by atoms with E-state index in [-0.39, 0.29) is 11.9 Å². The lowest BCUT2D eigenvalue weighted by Gasteiger charge is -2.08. The third-order valence-electron chi connectivity index (χ3n) is 3.79. The Balaban J connectivity index is 2.15. The van der Waals surface area contributed by atoms with E-state index in [9.17, 15) is 5.11 Å². The first-order valence-corrected chi connectivity index (χ1v) is 7.14. The fourth-order valence-corrected chi connectivity index (χ4v) is 3.22. The number of hydrogen-bond donors (Lipinski definition) is 1. The molecule has 100 valence electrons. The summed E-state index contributed by atoms with van der Waals surface area (Å²) in [5.74, 6) is 0.205. The van der Waals surface area contributed by atoms with Crippen LogP contribution in [0.25, 0.3) is 5.69 Å². The lowest BCUT2D eigenvalue weighted by Crippen LogP contribution is -2.02. The first-order valence-electron chi connectivity index (χ1n) is 6.73. The normalized spacial score (nSPS) is 14.1. The number of rotatable bonds is 2. The molecule has 1 aromatic heterocycles. The van der Waals surface area contributed by atoms with Crippen molar-refractivity contribution in [3.8, 4) is 11.6 Å². The Bertz CT molecular complexity index is 682. The minimum Gasteiger partial charge on any atom is -0.493 e. The van der Waals surface area contributed by atoms with Crippen LogP contribution in [0.3, 0.4) is 0 Å². The first kappa shape index (κ1) is 12.5. The SMILES string of the molecule is CC(C)n1cc(O)n(-c2ccc3c(c2)CCC3)c1=S. The van der Waals surface area contributed by atoms with Gasteiger partial charge in [-0.3, -0.25) is 4.57 Å². The van der Waals surface area contributed by atoms with Gasteiger partial charge in [0.1, 0.15) is 0 Å². The zero-order valence-corrected chi connectivity index (χ0v) is 12.1. The summed E-state index contributed by atoms with van der Waals surface area (Å²) in [6, 6.07) is 6.60. The van der Waals surface area contributed by atoms with Crippen molar-refractivity contribution < 1.29 is 5.11 Å². The zero-order chi connectivity index (χ0) is 13.6. The average Bonchev–Trinajstić information content (AvgIpc) is 2.93. The minimum atomic E-state index is 0.205. The fourth-order valence-electron chi connectivity index (χ4n) is 2.76. The van der Waals surface area contributed by atoms with E-state index in [1.54, 1.807) is 10.8 Å². The van der Waals surface area contributed by atoms with Gasteiger partial charge in [-0.05, 0) is 68.6 Å². The maximum Gasteiger partial charge on any atom is 0.214 e. The van der Waals surface area contributed by atoms with Crippen LogP contribution in [0.1, 0.15) is 37.4 Å². The van der Waals surface area contributed by atoms with Gasteiger partial charge >= 0.3 is 0 Å². The second-order valence-corrected chi connectivity index (χ2v) is 5.78. The quantitative estimate of drug-likeness (QED) is 0.845. The number of benzene rings is 1. The molecule has 0 fully saturated rings. The molecule has 1 heterocycles. The van der Waals surface area contributed by atoms with Crippen molar-refractivity contribution in [3.05, 3.63) is 40.3 Å². The molecule has 19 heavy (non-hydrogen) atoms. The molecule has 0 bridgehead atoms. The van der Waals surface area contributed by atoms with Crippen LogP contribution in [0, 0.1) is 4.77 Å². The summed E-state index contributed by atoms with van der Waals surface area (Å²) in [7, 11) is 0. The van der Waals surface area contributed by atoms with Gasteiger partial charge in [0.2, 0.25) is 5.88 Å². The van der Waals surface area contributed by atoms with Gasteiger partial charge in [-0.2, -0.15) is 0 Å². The molecule has 1 aliphatic carbocycles. The highest BCUT2D eigenvalue weighted by molar-refractivity contribution is 7.71. The molecule has 1 N–H and O–H groups in total. The Labute approximate surface area is 118 Å². The fraction of sp³-hybridized carbons (Fsp3) is 0.400. The predicted molar refractivity (Wildman–Crippen MR) is 78.7 cm³/mol. The molecule has 0 amide bonds. The van der Waals surface area contributed by atoms with Gasteiger partial charge < -0.3 is 9.67 Å². The van der Waals surface area contributed by atoms with Crippen molar-refractivity contribution in [1.82, 2.24) is 9.13 Å². The van der Waals surface area contributed by atoms with Crippen LogP contribution in [0.15, 0.2) is 24.4 Å². The van der Waals surface area contributed by atoms with Crippen LogP contribution in [-0.4, -0.2) is 14.2 Å². The highest BCUT2D eigenvalue weighted by Crippen LogP contribution is 2.28. The van der Waals surface area contributed by atoms with Crippen molar-refractivity contribution in [1.29, 1.82) is 0 Å². The number of aromatic hydroxyl groups is 1. The van der Waals surface area contributed by atoms with E-state index in [0.29, 0.717) is 4.77 Å². The molecule has 0 spiro atoms. The molecule has 4 heteroatoms. The summed E-state index contributed by atoms with van der Waals surface area (Å²) < 4.78 is 4.30. The van der Waals surface area contributed by atoms with Crippen LogP contribution in [0.4, 0.5) is 0 Å². The Morgan fingerprint density at radius 2 is 1.95 bits per heavy atom. The van der Waals surface area contributed by atoms with Crippen LogP contribution in [0.5, 0.6) is 5.88 Å². The number of hydrogen-bond acceptors (Lipinski definition) is 2. The van der Waals surface area contributed by atoms with E-state index in [1.165, 1.54) is 24.0 Å². The number of nitrogens with zero attached hydrogens (tertiary/aromatic N) is 2. The third-order valence-corrected chi connectivity index (χ3v) is 4.19. The molecule has 0 atom stereocenters. The average molecular weight is 274 g/mol. The maximum atomic E-state index is 10.1. The van der Waals surface area contributed by atoms with Gasteiger partial charge in [0.25, 0.3) is 0 Å². The summed E-state index contributed by atoms with van der Waals surface area (Å²) in [6.07, 6.45) is 5.23. The number of fused-ring (bicyclic) bond motifs is 1. The Kier molecular flexibility index (Phi) is 2.97. The molecule has 3 nitrogen and oxygen atoms in total. The van der Waals surface area contributed by atoms with Gasteiger partial charge in [-0.25, -0.2) is 0 Å². The molecule has 0 aliphatic heterocycles. The topological polar surface area (TPSA) is 30.1 Å². The molecule has 1 aliphatic rings. The van der Waals surface area contributed by atoms with Crippen LogP contribution < -0.4 is 0 Å². The summed E-state index contributed by atoms with van der Waals surface area (Å²) >= 11 is 5.46. The summed E-state index contributed by atoms with van der Waals surface area (Å²) in [5, 5.41) is 10.1. The standard InChI is InChI=1S/C15H18N2OS/c1-10(2)16-9-14(18)17(15(16)19)13-7-6-11-4-3-5-12(11)8-13/h6-10,18H,3-5H2,1-2H3. The monoisotopic (exact) mass is 274 g/mol. The molecule has 0 radical (unpaired) electrons. The molecule has 0 unspecified atom stereocenters. The van der Waals surface area contributed by atoms with E-state index in [4.69, 9.17) is 12.2 Å². The lowest BCUT2D eigenvalue weighted by molar-refractivity contribution is 0.441. The highest BCUT2D eigenvalue weighted by atomic mass is 32.1. The van der Waals surface area contributed by atoms with Gasteiger partial charge in [-0.1, -0.05) is 6.07 Å². The summed E-state index contributed by atoms with van der Waals surface area (Å²) in [5.41, 5.74) is 3.77. The Morgan fingerprint density at radius 1 is 1.21 bits per heavy atom. The van der Waals surface area contributed by atoms with E-state index in [2.05, 4.69) is 26.0 Å². The van der Waals surface area contributed by atoms with Crippen molar-refractivity contribution in [2.24, 2.45) is 0 Å².